The van der Waals surface area contributed by atoms with Crippen molar-refractivity contribution in [3.05, 3.63) is 352 Å². The van der Waals surface area contributed by atoms with Gasteiger partial charge in [-0.1, -0.05) is 285 Å². The van der Waals surface area contributed by atoms with Gasteiger partial charge >= 0.3 is 0 Å². The van der Waals surface area contributed by atoms with Crippen LogP contribution in [0.15, 0.2) is 352 Å². The minimum Gasteiger partial charge on any atom is -0.278 e. The van der Waals surface area contributed by atoms with Crippen molar-refractivity contribution in [1.29, 1.82) is 0 Å². The van der Waals surface area contributed by atoms with Crippen molar-refractivity contribution in [2.24, 2.45) is 0 Å². The van der Waals surface area contributed by atoms with E-state index in [4.69, 9.17) is 19.9 Å². The van der Waals surface area contributed by atoms with Crippen molar-refractivity contribution in [2.75, 3.05) is 0 Å². The second-order valence-corrected chi connectivity index (χ2v) is 25.3. The van der Waals surface area contributed by atoms with Gasteiger partial charge in [-0.3, -0.25) is 9.13 Å². The molecule has 0 radical (unpaired) electrons. The molecule has 0 amide bonds. The topological polar surface area (TPSA) is 61.4 Å². The summed E-state index contributed by atoms with van der Waals surface area (Å²) in [7, 11) is 0. The Hall–Kier alpha value is -13.2. The maximum Gasteiger partial charge on any atom is 0.235 e. The third-order valence-electron chi connectivity index (χ3n) is 19.6. The molecule has 456 valence electrons. The molecule has 0 saturated carbocycles. The van der Waals surface area contributed by atoms with Crippen molar-refractivity contribution >= 4 is 109 Å². The molecule has 98 heavy (non-hydrogen) atoms. The summed E-state index contributed by atoms with van der Waals surface area (Å²) in [5.74, 6) is 1.33. The van der Waals surface area contributed by atoms with Gasteiger partial charge < -0.3 is 0 Å². The van der Waals surface area contributed by atoms with E-state index >= 15 is 0 Å². The molecule has 0 atom stereocenters. The third-order valence-corrected chi connectivity index (χ3v) is 19.6. The molecule has 20 rings (SSSR count). The number of benzene rings is 16. The lowest BCUT2D eigenvalue weighted by Crippen LogP contribution is -2.03. The zero-order valence-electron chi connectivity index (χ0n) is 53.2. The Labute approximate surface area is 564 Å². The summed E-state index contributed by atoms with van der Waals surface area (Å²) >= 11 is 0. The van der Waals surface area contributed by atoms with Crippen LogP contribution in [0, 0.1) is 0 Å². The highest BCUT2D eigenvalue weighted by atomic mass is 15.2. The number of para-hydroxylation sites is 1. The average Bonchev–Trinajstić information content (AvgIpc) is 1.49. The van der Waals surface area contributed by atoms with Crippen LogP contribution in [-0.2, 0) is 0 Å². The van der Waals surface area contributed by atoms with Crippen LogP contribution in [0.25, 0.3) is 187 Å². The van der Waals surface area contributed by atoms with Crippen LogP contribution in [-0.4, -0.2) is 29.1 Å². The molecule has 0 fully saturated rings. The lowest BCUT2D eigenvalue weighted by Gasteiger charge is -2.13. The van der Waals surface area contributed by atoms with Crippen molar-refractivity contribution in [3.63, 3.8) is 0 Å². The lowest BCUT2D eigenvalue weighted by molar-refractivity contribution is 1.01. The normalized spacial score (nSPS) is 11.7. The molecule has 4 aromatic heterocycles. The van der Waals surface area contributed by atoms with E-state index in [0.717, 1.165) is 87.9 Å². The minimum atomic E-state index is 0.661. The number of nitrogens with zero attached hydrogens (tertiary/aromatic N) is 6. The van der Waals surface area contributed by atoms with E-state index in [2.05, 4.69) is 349 Å². The van der Waals surface area contributed by atoms with Crippen LogP contribution in [0.3, 0.4) is 0 Å². The molecule has 20 aromatic rings. The number of aromatic nitrogens is 6. The Morgan fingerprint density at radius 2 is 0.531 bits per heavy atom. The van der Waals surface area contributed by atoms with Crippen LogP contribution in [0.1, 0.15) is 0 Å². The molecule has 0 aliphatic heterocycles. The summed E-state index contributed by atoms with van der Waals surface area (Å²) in [5.41, 5.74) is 19.8. The van der Waals surface area contributed by atoms with E-state index < -0.39 is 0 Å². The van der Waals surface area contributed by atoms with Crippen molar-refractivity contribution < 1.29 is 0 Å². The molecule has 0 N–H and O–H groups in total. The summed E-state index contributed by atoms with van der Waals surface area (Å²) in [5, 5.41) is 16.3. The summed E-state index contributed by atoms with van der Waals surface area (Å²) in [6, 6.07) is 125. The minimum absolute atomic E-state index is 0.661. The number of rotatable bonds is 8. The van der Waals surface area contributed by atoms with Crippen molar-refractivity contribution in [3.8, 4) is 78.9 Å². The Morgan fingerprint density at radius 1 is 0.173 bits per heavy atom. The SMILES string of the molecule is c1ccc(-c2ccc3c(c2)c2cc(-c4ccc5ccccc5c4)ccc2n3-c2nc(-c3ccccc3)c3ccc4ccccc4c3n2)cc1.c1ccc(-c2nc(-n3c4ccccc4c4cc(-c5cccc(-c6cccc7ccccc67)c5)ccc43)nc3c2ccc2ccccc23)cc1. The second kappa shape index (κ2) is 23.4. The second-order valence-electron chi connectivity index (χ2n) is 25.3. The zero-order valence-corrected chi connectivity index (χ0v) is 53.2. The van der Waals surface area contributed by atoms with E-state index in [1.165, 1.54) is 87.6 Å². The van der Waals surface area contributed by atoms with Crippen LogP contribution in [0.5, 0.6) is 0 Å². The van der Waals surface area contributed by atoms with E-state index in [9.17, 15) is 0 Å². The van der Waals surface area contributed by atoms with Gasteiger partial charge in [0.2, 0.25) is 11.9 Å². The standard InChI is InChI=1S/2C46H29N3/c1-3-11-30(12-4-1)36-22-25-42-40(28-36)41-29-37(35-20-19-31-13-7-8-17-34(31)27-35)23-26-43(41)49(42)46-47-44(33-15-5-2-6-16-33)39-24-21-32-14-9-10-18-38(32)45(39)48-46;1-2-14-32(15-3-1)44-40-26-24-31-13-5-7-20-38(31)45(40)48-46(47-44)49-42-23-9-8-21-39(42)41-29-34(25-27-43(41)49)33-17-10-18-35(28-33)37-22-11-16-30-12-4-6-19-36(30)37/h2*1-29H. The van der Waals surface area contributed by atoms with Crippen LogP contribution >= 0.6 is 0 Å². The summed E-state index contributed by atoms with van der Waals surface area (Å²) in [6.45, 7) is 0. The van der Waals surface area contributed by atoms with Crippen LogP contribution < -0.4 is 0 Å². The fraction of sp³-hybridized carbons (Fsp3) is 0. The molecule has 6 nitrogen and oxygen atoms in total. The van der Waals surface area contributed by atoms with Gasteiger partial charge in [-0.2, -0.15) is 0 Å². The third kappa shape index (κ3) is 9.65. The maximum atomic E-state index is 5.38. The molecule has 6 heteroatoms. The van der Waals surface area contributed by atoms with Crippen molar-refractivity contribution in [1.82, 2.24) is 29.1 Å². The molecular formula is C92H58N6. The molecule has 16 aromatic carbocycles. The van der Waals surface area contributed by atoms with Gasteiger partial charge in [-0.15, -0.1) is 0 Å². The summed E-state index contributed by atoms with van der Waals surface area (Å²) in [4.78, 5) is 21.4. The summed E-state index contributed by atoms with van der Waals surface area (Å²) < 4.78 is 4.48. The van der Waals surface area contributed by atoms with E-state index in [0.29, 0.717) is 11.9 Å². The Morgan fingerprint density at radius 3 is 1.09 bits per heavy atom. The largest absolute Gasteiger partial charge is 0.278 e. The molecular weight excluding hydrogens is 1190 g/mol. The van der Waals surface area contributed by atoms with Crippen LogP contribution in [0.2, 0.25) is 0 Å². The Kier molecular flexibility index (Phi) is 13.5. The van der Waals surface area contributed by atoms with Gasteiger partial charge in [-0.25, -0.2) is 19.9 Å². The summed E-state index contributed by atoms with van der Waals surface area (Å²) in [6.07, 6.45) is 0. The fourth-order valence-corrected chi connectivity index (χ4v) is 14.8. The molecule has 0 aliphatic carbocycles. The fourth-order valence-electron chi connectivity index (χ4n) is 14.8. The average molecular weight is 1250 g/mol. The quantitative estimate of drug-likeness (QED) is 0.142. The van der Waals surface area contributed by atoms with Gasteiger partial charge in [0.15, 0.2) is 0 Å². The first-order chi connectivity index (χ1) is 48.6. The van der Waals surface area contributed by atoms with Crippen LogP contribution in [0.4, 0.5) is 0 Å². The monoisotopic (exact) mass is 1250 g/mol. The van der Waals surface area contributed by atoms with Gasteiger partial charge in [0.05, 0.1) is 44.5 Å². The van der Waals surface area contributed by atoms with Gasteiger partial charge in [0.25, 0.3) is 0 Å². The van der Waals surface area contributed by atoms with Gasteiger partial charge in [0.1, 0.15) is 0 Å². The first kappa shape index (κ1) is 56.4. The highest BCUT2D eigenvalue weighted by Crippen LogP contribution is 2.42. The maximum absolute atomic E-state index is 5.38. The Balaban J connectivity index is 0.000000137. The smallest absolute Gasteiger partial charge is 0.235 e. The van der Waals surface area contributed by atoms with Crippen molar-refractivity contribution in [2.45, 2.75) is 0 Å². The zero-order chi connectivity index (χ0) is 64.6. The highest BCUT2D eigenvalue weighted by molar-refractivity contribution is 6.15. The first-order valence-corrected chi connectivity index (χ1v) is 33.3. The molecule has 0 aliphatic rings. The Bertz CT molecular complexity index is 6550. The number of fused-ring (bicyclic) bond motifs is 14. The van der Waals surface area contributed by atoms with Gasteiger partial charge in [-0.05, 0) is 144 Å². The number of hydrogen-bond acceptors (Lipinski definition) is 4. The lowest BCUT2D eigenvalue weighted by atomic mass is 9.95. The molecule has 0 spiro atoms. The molecule has 0 saturated heterocycles. The molecule has 0 unspecified atom stereocenters. The van der Waals surface area contributed by atoms with E-state index in [1.54, 1.807) is 0 Å². The van der Waals surface area contributed by atoms with E-state index in [1.807, 2.05) is 12.1 Å². The van der Waals surface area contributed by atoms with Gasteiger partial charge in [0, 0.05) is 54.2 Å². The predicted octanol–water partition coefficient (Wildman–Crippen LogP) is 24.1. The highest BCUT2D eigenvalue weighted by Gasteiger charge is 2.22. The molecule has 4 heterocycles. The first-order valence-electron chi connectivity index (χ1n) is 33.3. The molecule has 0 bridgehead atoms. The van der Waals surface area contributed by atoms with E-state index in [-0.39, 0.29) is 0 Å². The number of hydrogen-bond donors (Lipinski definition) is 0. The predicted molar refractivity (Wildman–Crippen MR) is 410 cm³/mol.